The third-order valence-corrected chi connectivity index (χ3v) is 3.12. The van der Waals surface area contributed by atoms with Crippen molar-refractivity contribution in [2.75, 3.05) is 34.0 Å². The molecule has 104 valence electrons. The van der Waals surface area contributed by atoms with E-state index in [-0.39, 0.29) is 0 Å². The topological polar surface area (TPSA) is 48.3 Å². The lowest BCUT2D eigenvalue weighted by Gasteiger charge is -2.16. The van der Waals surface area contributed by atoms with Crippen LogP contribution in [0.4, 0.5) is 0 Å². The van der Waals surface area contributed by atoms with Crippen LogP contribution in [0, 0.1) is 0 Å². The highest BCUT2D eigenvalue weighted by atomic mass is 16.5. The van der Waals surface area contributed by atoms with Crippen LogP contribution in [0.1, 0.15) is 18.5 Å². The first-order valence-electron chi connectivity index (χ1n) is 6.48. The van der Waals surface area contributed by atoms with Crippen molar-refractivity contribution in [3.05, 3.63) is 18.0 Å². The van der Waals surface area contributed by atoms with Crippen molar-refractivity contribution in [3.8, 4) is 0 Å². The molecule has 1 rings (SSSR count). The highest BCUT2D eigenvalue weighted by Gasteiger charge is 2.07. The van der Waals surface area contributed by atoms with Gasteiger partial charge in [0.15, 0.2) is 0 Å². The van der Waals surface area contributed by atoms with E-state index in [2.05, 4.69) is 16.5 Å². The molecule has 0 aliphatic carbocycles. The predicted octanol–water partition coefficient (Wildman–Crippen LogP) is 0.994. The summed E-state index contributed by atoms with van der Waals surface area (Å²) in [6.45, 7) is 2.12. The van der Waals surface area contributed by atoms with Gasteiger partial charge in [0.05, 0.1) is 13.2 Å². The van der Waals surface area contributed by atoms with Crippen LogP contribution in [0.2, 0.25) is 0 Å². The zero-order valence-corrected chi connectivity index (χ0v) is 11.7. The predicted molar refractivity (Wildman–Crippen MR) is 71.7 cm³/mol. The lowest BCUT2D eigenvalue weighted by Crippen LogP contribution is -2.27. The van der Waals surface area contributed by atoms with Crippen molar-refractivity contribution >= 4 is 0 Å². The van der Waals surface area contributed by atoms with Gasteiger partial charge in [-0.15, -0.1) is 0 Å². The molecule has 1 heterocycles. The molecule has 1 aromatic rings. The summed E-state index contributed by atoms with van der Waals surface area (Å²) in [7, 11) is 5.67. The van der Waals surface area contributed by atoms with Gasteiger partial charge >= 0.3 is 0 Å². The normalized spacial score (nSPS) is 12.8. The highest BCUT2D eigenvalue weighted by Crippen LogP contribution is 2.06. The summed E-state index contributed by atoms with van der Waals surface area (Å²) in [6.07, 6.45) is 5.01. The number of hydrogen-bond acceptors (Lipinski definition) is 4. The molecule has 0 radical (unpaired) electrons. The van der Waals surface area contributed by atoms with Crippen LogP contribution in [0.3, 0.4) is 0 Å². The molecule has 18 heavy (non-hydrogen) atoms. The zero-order valence-electron chi connectivity index (χ0n) is 11.7. The van der Waals surface area contributed by atoms with Crippen molar-refractivity contribution in [3.63, 3.8) is 0 Å². The Morgan fingerprint density at radius 3 is 2.78 bits per heavy atom. The number of aryl methyl sites for hydroxylation is 2. The molecule has 0 spiro atoms. The van der Waals surface area contributed by atoms with Gasteiger partial charge in [0.25, 0.3) is 0 Å². The number of methoxy groups -OCH3 is 1. The minimum absolute atomic E-state index is 0.488. The van der Waals surface area contributed by atoms with E-state index in [0.717, 1.165) is 25.9 Å². The molecule has 0 saturated carbocycles. The van der Waals surface area contributed by atoms with E-state index in [1.54, 1.807) is 7.11 Å². The van der Waals surface area contributed by atoms with E-state index in [1.807, 2.05) is 25.0 Å². The maximum Gasteiger partial charge on any atom is 0.0700 e. The van der Waals surface area contributed by atoms with Gasteiger partial charge in [0, 0.05) is 38.7 Å². The van der Waals surface area contributed by atoms with Crippen LogP contribution >= 0.6 is 0 Å². The minimum atomic E-state index is 0.488. The summed E-state index contributed by atoms with van der Waals surface area (Å²) >= 11 is 0. The number of aromatic nitrogens is 2. The first kappa shape index (κ1) is 15.1. The van der Waals surface area contributed by atoms with Crippen molar-refractivity contribution < 1.29 is 9.47 Å². The number of nitrogens with one attached hydrogen (secondary N) is 1. The van der Waals surface area contributed by atoms with E-state index in [4.69, 9.17) is 9.47 Å². The van der Waals surface area contributed by atoms with Crippen LogP contribution in [0.15, 0.2) is 12.3 Å². The summed E-state index contributed by atoms with van der Waals surface area (Å²) in [6, 6.07) is 2.56. The second-order valence-electron chi connectivity index (χ2n) is 4.36. The van der Waals surface area contributed by atoms with Gasteiger partial charge in [-0.2, -0.15) is 5.10 Å². The number of rotatable bonds is 10. The van der Waals surface area contributed by atoms with Crippen LogP contribution in [0.25, 0.3) is 0 Å². The summed E-state index contributed by atoms with van der Waals surface area (Å²) in [4.78, 5) is 0. The second kappa shape index (κ2) is 9.08. The Hall–Kier alpha value is -0.910. The minimum Gasteiger partial charge on any atom is -0.382 e. The van der Waals surface area contributed by atoms with Crippen LogP contribution < -0.4 is 5.32 Å². The molecule has 5 nitrogen and oxygen atoms in total. The average molecular weight is 255 g/mol. The number of hydrogen-bond donors (Lipinski definition) is 1. The van der Waals surface area contributed by atoms with Crippen molar-refractivity contribution in [1.29, 1.82) is 0 Å². The fraction of sp³-hybridized carbons (Fsp3) is 0.769. The molecule has 1 atom stereocenters. The Kier molecular flexibility index (Phi) is 7.64. The Morgan fingerprint density at radius 1 is 1.33 bits per heavy atom. The first-order chi connectivity index (χ1) is 8.77. The average Bonchev–Trinajstić information content (AvgIpc) is 2.78. The van der Waals surface area contributed by atoms with Crippen LogP contribution in [0.5, 0.6) is 0 Å². The molecule has 5 heteroatoms. The van der Waals surface area contributed by atoms with E-state index < -0.39 is 0 Å². The lowest BCUT2D eigenvalue weighted by molar-refractivity contribution is 0.0657. The number of ether oxygens (including phenoxy) is 2. The van der Waals surface area contributed by atoms with Gasteiger partial charge in [-0.25, -0.2) is 0 Å². The Bertz CT molecular complexity index is 315. The van der Waals surface area contributed by atoms with Gasteiger partial charge in [0.2, 0.25) is 0 Å². The molecule has 0 bridgehead atoms. The van der Waals surface area contributed by atoms with Crippen molar-refractivity contribution in [2.45, 2.75) is 25.3 Å². The molecule has 0 aromatic carbocycles. The van der Waals surface area contributed by atoms with E-state index in [1.165, 1.54) is 5.69 Å². The number of nitrogens with zero attached hydrogens (tertiary/aromatic N) is 2. The fourth-order valence-electron chi connectivity index (χ4n) is 1.87. The smallest absolute Gasteiger partial charge is 0.0700 e. The largest absolute Gasteiger partial charge is 0.382 e. The molecule has 0 aliphatic heterocycles. The fourth-order valence-corrected chi connectivity index (χ4v) is 1.87. The third kappa shape index (κ3) is 5.62. The third-order valence-electron chi connectivity index (χ3n) is 3.12. The van der Waals surface area contributed by atoms with Crippen molar-refractivity contribution in [2.24, 2.45) is 7.05 Å². The Labute approximate surface area is 109 Å². The quantitative estimate of drug-likeness (QED) is 0.634. The summed E-state index contributed by atoms with van der Waals surface area (Å²) in [5, 5.41) is 7.51. The van der Waals surface area contributed by atoms with Crippen LogP contribution in [-0.2, 0) is 22.9 Å². The van der Waals surface area contributed by atoms with Gasteiger partial charge in [-0.3, -0.25) is 4.68 Å². The van der Waals surface area contributed by atoms with Gasteiger partial charge in [0.1, 0.15) is 0 Å². The van der Waals surface area contributed by atoms with Crippen LogP contribution in [-0.4, -0.2) is 49.8 Å². The SMILES string of the molecule is CNC(CCOCCOC)CCc1ccnn1C. The monoisotopic (exact) mass is 255 g/mol. The molecular weight excluding hydrogens is 230 g/mol. The molecule has 1 aromatic heterocycles. The molecular formula is C13H25N3O2. The van der Waals surface area contributed by atoms with Gasteiger partial charge in [-0.05, 0) is 32.4 Å². The molecule has 0 saturated heterocycles. The Balaban J connectivity index is 2.15. The Morgan fingerprint density at radius 2 is 2.17 bits per heavy atom. The highest BCUT2D eigenvalue weighted by molar-refractivity contribution is 5.00. The van der Waals surface area contributed by atoms with Gasteiger partial charge in [-0.1, -0.05) is 0 Å². The first-order valence-corrected chi connectivity index (χ1v) is 6.48. The summed E-state index contributed by atoms with van der Waals surface area (Å²) < 4.78 is 12.4. The van der Waals surface area contributed by atoms with E-state index in [9.17, 15) is 0 Å². The maximum atomic E-state index is 5.48. The molecule has 0 aliphatic rings. The van der Waals surface area contributed by atoms with Crippen molar-refractivity contribution in [1.82, 2.24) is 15.1 Å². The maximum absolute atomic E-state index is 5.48. The van der Waals surface area contributed by atoms with E-state index >= 15 is 0 Å². The van der Waals surface area contributed by atoms with E-state index in [0.29, 0.717) is 19.3 Å². The lowest BCUT2D eigenvalue weighted by atomic mass is 10.1. The summed E-state index contributed by atoms with van der Waals surface area (Å²) in [5.41, 5.74) is 1.27. The molecule has 0 amide bonds. The molecule has 1 N–H and O–H groups in total. The molecule has 1 unspecified atom stereocenters. The second-order valence-corrected chi connectivity index (χ2v) is 4.36. The zero-order chi connectivity index (χ0) is 13.2. The van der Waals surface area contributed by atoms with Gasteiger partial charge < -0.3 is 14.8 Å². The molecule has 0 fully saturated rings. The standard InChI is InChI=1S/C13H25N3O2/c1-14-12(7-9-18-11-10-17-3)4-5-13-6-8-15-16(13)2/h6,8,12,14H,4-5,7,9-11H2,1-3H3. The summed E-state index contributed by atoms with van der Waals surface area (Å²) in [5.74, 6) is 0.